The number of carboxylic acids is 1. The van der Waals surface area contributed by atoms with E-state index in [0.717, 1.165) is 4.88 Å². The fraction of sp³-hybridized carbons (Fsp3) is 0.250. The lowest BCUT2D eigenvalue weighted by Crippen LogP contribution is -2.73. The minimum Gasteiger partial charge on any atom is -0.508 e. The second-order valence-corrected chi connectivity index (χ2v) is 12.9. The van der Waals surface area contributed by atoms with Gasteiger partial charge in [0.2, 0.25) is 11.8 Å². The Hall–Kier alpha value is -2.80. The van der Waals surface area contributed by atoms with E-state index in [-0.39, 0.29) is 47.1 Å². The minimum absolute atomic E-state index is 0.00894. The number of aliphatic carboxylic acids is 1. The Balaban J connectivity index is 1.25. The van der Waals surface area contributed by atoms with Gasteiger partial charge in [0, 0.05) is 33.3 Å². The van der Waals surface area contributed by atoms with Gasteiger partial charge in [0.25, 0.3) is 0 Å². The molecule has 2 fully saturated rings. The Labute approximate surface area is 222 Å². The van der Waals surface area contributed by atoms with E-state index in [4.69, 9.17) is 0 Å². The Morgan fingerprint density at radius 1 is 1.25 bits per heavy atom. The van der Waals surface area contributed by atoms with Gasteiger partial charge in [-0.1, -0.05) is 23.9 Å². The molecule has 8 nitrogen and oxygen atoms in total. The van der Waals surface area contributed by atoms with Crippen LogP contribution < -0.4 is 10.7 Å². The normalized spacial score (nSPS) is 23.4. The van der Waals surface area contributed by atoms with Crippen LogP contribution in [0.3, 0.4) is 0 Å². The van der Waals surface area contributed by atoms with E-state index in [1.165, 1.54) is 69.3 Å². The Morgan fingerprint density at radius 2 is 2.08 bits per heavy atom. The van der Waals surface area contributed by atoms with E-state index in [1.54, 1.807) is 17.6 Å². The van der Waals surface area contributed by atoms with Crippen LogP contribution in [0.5, 0.6) is 5.75 Å². The highest BCUT2D eigenvalue weighted by Gasteiger charge is 2.56. The van der Waals surface area contributed by atoms with E-state index in [2.05, 4.69) is 5.32 Å². The van der Waals surface area contributed by atoms with E-state index in [0.29, 0.717) is 14.3 Å². The fourth-order valence-corrected chi connectivity index (χ4v) is 8.43. The van der Waals surface area contributed by atoms with Crippen molar-refractivity contribution in [3.05, 3.63) is 68.4 Å². The number of nitrogens with one attached hydrogen (secondary N) is 1. The largest absolute Gasteiger partial charge is 0.508 e. The first-order chi connectivity index (χ1) is 17.3. The summed E-state index contributed by atoms with van der Waals surface area (Å²) in [5.41, 5.74) is -1.46. The number of hydrogen-bond acceptors (Lipinski definition) is 9. The van der Waals surface area contributed by atoms with Crippen LogP contribution in [-0.4, -0.2) is 56.6 Å². The molecule has 2 amide bonds. The third-order valence-corrected chi connectivity index (χ3v) is 10.5. The van der Waals surface area contributed by atoms with Gasteiger partial charge in [0.15, 0.2) is 5.43 Å². The minimum atomic E-state index is -1.28. The highest BCUT2D eigenvalue weighted by molar-refractivity contribution is 8.04. The van der Waals surface area contributed by atoms with Gasteiger partial charge in [-0.25, -0.2) is 0 Å². The van der Waals surface area contributed by atoms with Crippen molar-refractivity contribution in [2.45, 2.75) is 22.0 Å². The van der Waals surface area contributed by atoms with Gasteiger partial charge in [-0.2, -0.15) is 0 Å². The van der Waals surface area contributed by atoms with Crippen molar-refractivity contribution >= 4 is 74.1 Å². The van der Waals surface area contributed by atoms with Crippen molar-refractivity contribution in [2.75, 3.05) is 12.3 Å². The Kier molecular flexibility index (Phi) is 6.86. The lowest BCUT2D eigenvalue weighted by molar-refractivity contribution is -0.156. The molecule has 0 saturated carbocycles. The van der Waals surface area contributed by atoms with Crippen LogP contribution >= 0.6 is 46.2 Å². The first-order valence-corrected chi connectivity index (χ1v) is 14.5. The quantitative estimate of drug-likeness (QED) is 0.297. The average molecular weight is 561 g/mol. The van der Waals surface area contributed by atoms with E-state index in [9.17, 15) is 29.4 Å². The molecular formula is C24H20N2O6S4. The van der Waals surface area contributed by atoms with E-state index >= 15 is 0 Å². The zero-order chi connectivity index (χ0) is 25.4. The molecule has 0 radical (unpaired) electrons. The van der Waals surface area contributed by atoms with Gasteiger partial charge >= 0.3 is 5.97 Å². The van der Waals surface area contributed by atoms with Crippen molar-refractivity contribution in [1.82, 2.24) is 10.2 Å². The van der Waals surface area contributed by atoms with Crippen molar-refractivity contribution in [1.29, 1.82) is 0 Å². The molecule has 3 atom stereocenters. The molecule has 2 aromatic heterocycles. The summed E-state index contributed by atoms with van der Waals surface area (Å²) < 4.78 is 1.30. The van der Waals surface area contributed by atoms with Crippen LogP contribution in [0.2, 0.25) is 0 Å². The second kappa shape index (κ2) is 9.92. The van der Waals surface area contributed by atoms with Crippen molar-refractivity contribution in [3.63, 3.8) is 0 Å². The van der Waals surface area contributed by atoms with Crippen molar-refractivity contribution in [3.8, 4) is 5.75 Å². The maximum atomic E-state index is 12.8. The summed E-state index contributed by atoms with van der Waals surface area (Å²) in [4.78, 5) is 52.1. The number of carbonyl (C=O) groups excluding carboxylic acids is 2. The molecule has 12 heteroatoms. The second-order valence-electron chi connectivity index (χ2n) is 8.46. The summed E-state index contributed by atoms with van der Waals surface area (Å²) in [6.07, 6.45) is 1.78. The maximum Gasteiger partial charge on any atom is 0.316 e. The number of nitrogens with zero attached hydrogens (tertiary/aromatic N) is 1. The number of phenolic OH excluding ortho intramolecular Hbond substituents is 1. The molecule has 2 saturated heterocycles. The molecule has 3 aromatic rings. The van der Waals surface area contributed by atoms with Gasteiger partial charge in [0.1, 0.15) is 22.6 Å². The first kappa shape index (κ1) is 24.9. The smallest absolute Gasteiger partial charge is 0.316 e. The molecular weight excluding hydrogens is 541 g/mol. The predicted octanol–water partition coefficient (Wildman–Crippen LogP) is 3.35. The molecule has 0 aliphatic carbocycles. The first-order valence-electron chi connectivity index (χ1n) is 10.8. The van der Waals surface area contributed by atoms with E-state index in [1.807, 2.05) is 17.5 Å². The molecule has 2 unspecified atom stereocenters. The molecule has 36 heavy (non-hydrogen) atoms. The number of carbonyl (C=O) groups is 3. The van der Waals surface area contributed by atoms with Gasteiger partial charge < -0.3 is 20.4 Å². The molecule has 0 spiro atoms. The highest BCUT2D eigenvalue weighted by Crippen LogP contribution is 2.43. The number of aromatic hydroxyl groups is 1. The SMILES string of the molecule is O=C(Cc1cccs1)NC1C(=O)N2CC(C=CSc3cc(=O)c4ccc(O)cc4s3)(C(=O)O)CS[C@H]12. The fourth-order valence-electron chi connectivity index (χ4n) is 4.10. The number of amides is 2. The molecule has 4 heterocycles. The maximum absolute atomic E-state index is 12.8. The van der Waals surface area contributed by atoms with Crippen LogP contribution in [0.25, 0.3) is 10.1 Å². The zero-order valence-electron chi connectivity index (χ0n) is 18.6. The Morgan fingerprint density at radius 3 is 2.83 bits per heavy atom. The summed E-state index contributed by atoms with van der Waals surface area (Å²) in [6.45, 7) is 0.00894. The van der Waals surface area contributed by atoms with Gasteiger partial charge in [-0.15, -0.1) is 34.4 Å². The lowest BCUT2D eigenvalue weighted by Gasteiger charge is -2.53. The molecule has 186 valence electrons. The molecule has 5 rings (SSSR count). The van der Waals surface area contributed by atoms with Crippen LogP contribution in [0.1, 0.15) is 4.88 Å². The van der Waals surface area contributed by atoms with Crippen molar-refractivity contribution < 1.29 is 24.6 Å². The third-order valence-electron chi connectivity index (χ3n) is 6.02. The molecule has 2 aliphatic heterocycles. The standard InChI is InChI=1S/C24H20N2O6S4/c27-13-3-4-15-16(28)10-19(36-17(15)8-13)34-7-5-24(23(31)32)11-26-21(30)20(22(26)35-12-24)25-18(29)9-14-2-1-6-33-14/h1-8,10,20,22,27H,9,11-12H2,(H,25,29)(H,31,32)/t20?,22-,24?/m1/s1. The average Bonchev–Trinajstić information content (AvgIpc) is 3.35. The monoisotopic (exact) mass is 560 g/mol. The summed E-state index contributed by atoms with van der Waals surface area (Å²) in [7, 11) is 0. The molecule has 1 aromatic carbocycles. The summed E-state index contributed by atoms with van der Waals surface area (Å²) in [5.74, 6) is -1.25. The predicted molar refractivity (Wildman–Crippen MR) is 143 cm³/mol. The van der Waals surface area contributed by atoms with Gasteiger partial charge in [-0.05, 0) is 35.1 Å². The molecule has 0 bridgehead atoms. The lowest BCUT2D eigenvalue weighted by atomic mass is 9.87. The summed E-state index contributed by atoms with van der Waals surface area (Å²) >= 11 is 5.36. The number of benzene rings is 1. The zero-order valence-corrected chi connectivity index (χ0v) is 21.8. The topological polar surface area (TPSA) is 124 Å². The molecule has 2 aliphatic rings. The number of β-lactam (4-membered cyclic amide) rings is 1. The van der Waals surface area contributed by atoms with Crippen LogP contribution in [0, 0.1) is 5.41 Å². The number of rotatable bonds is 7. The number of thioether (sulfide) groups is 2. The number of fused-ring (bicyclic) bond motifs is 2. The van der Waals surface area contributed by atoms with Crippen LogP contribution in [0.4, 0.5) is 0 Å². The summed E-state index contributed by atoms with van der Waals surface area (Å²) in [6, 6.07) is 9.12. The van der Waals surface area contributed by atoms with Gasteiger partial charge in [-0.3, -0.25) is 19.2 Å². The molecule has 3 N–H and O–H groups in total. The van der Waals surface area contributed by atoms with E-state index < -0.39 is 17.4 Å². The van der Waals surface area contributed by atoms with Crippen molar-refractivity contribution in [2.24, 2.45) is 5.41 Å². The number of carboxylic acid groups (broad SMARTS) is 1. The third kappa shape index (κ3) is 4.77. The number of phenols is 1. The Bertz CT molecular complexity index is 1440. The van der Waals surface area contributed by atoms with Gasteiger partial charge in [0.05, 0.1) is 10.6 Å². The number of hydrogen-bond donors (Lipinski definition) is 3. The summed E-state index contributed by atoms with van der Waals surface area (Å²) in [5, 5.41) is 26.3. The number of thiophene rings is 1. The van der Waals surface area contributed by atoms with Crippen LogP contribution in [-0.2, 0) is 20.8 Å². The highest BCUT2D eigenvalue weighted by atomic mass is 32.2. The van der Waals surface area contributed by atoms with Crippen LogP contribution in [0.15, 0.2) is 62.3 Å².